The van der Waals surface area contributed by atoms with Crippen LogP contribution in [0.25, 0.3) is 0 Å². The summed E-state index contributed by atoms with van der Waals surface area (Å²) in [6.45, 7) is 2.05. The topological polar surface area (TPSA) is 26.3 Å². The normalized spacial score (nSPS) is 11.2. The van der Waals surface area contributed by atoms with Crippen LogP contribution in [0.3, 0.4) is 0 Å². The van der Waals surface area contributed by atoms with Crippen molar-refractivity contribution in [1.29, 1.82) is 0 Å². The third-order valence-electron chi connectivity index (χ3n) is 4.93. The van der Waals surface area contributed by atoms with Crippen LogP contribution in [0, 0.1) is 6.92 Å². The number of rotatable bonds is 6. The molecule has 3 heteroatoms. The molecule has 0 spiro atoms. The Morgan fingerprint density at radius 3 is 1.55 bits per heavy atom. The van der Waals surface area contributed by atoms with Gasteiger partial charge in [0.15, 0.2) is 0 Å². The Kier molecular flexibility index (Phi) is 5.64. The van der Waals surface area contributed by atoms with Gasteiger partial charge in [-0.2, -0.15) is 0 Å². The monoisotopic (exact) mass is 398 g/mol. The van der Waals surface area contributed by atoms with Gasteiger partial charge in [0, 0.05) is 16.8 Å². The van der Waals surface area contributed by atoms with E-state index in [0.717, 1.165) is 27.7 Å². The van der Waals surface area contributed by atoms with E-state index >= 15 is 0 Å². The molecule has 0 bridgehead atoms. The molecule has 4 aromatic carbocycles. The smallest absolute Gasteiger partial charge is 0.147 e. The van der Waals surface area contributed by atoms with Crippen molar-refractivity contribution in [2.45, 2.75) is 13.1 Å². The second-order valence-electron chi connectivity index (χ2n) is 7.13. The SMILES string of the molecule is Cc1ccc(Oc2ccc(CP(=O)(c3ccccc3)c3ccccc3)cc2)cc1. The van der Waals surface area contributed by atoms with Crippen LogP contribution in [-0.4, -0.2) is 0 Å². The van der Waals surface area contributed by atoms with E-state index in [-0.39, 0.29) is 0 Å². The zero-order chi connectivity index (χ0) is 20.1. The number of benzene rings is 4. The molecule has 0 atom stereocenters. The first-order valence-electron chi connectivity index (χ1n) is 9.67. The summed E-state index contributed by atoms with van der Waals surface area (Å²) in [5, 5.41) is 1.76. The maximum atomic E-state index is 14.2. The van der Waals surface area contributed by atoms with E-state index in [2.05, 4.69) is 6.92 Å². The van der Waals surface area contributed by atoms with Gasteiger partial charge >= 0.3 is 0 Å². The third-order valence-corrected chi connectivity index (χ3v) is 8.01. The Balaban J connectivity index is 1.60. The Hall–Kier alpha value is -3.09. The molecule has 4 aromatic rings. The van der Waals surface area contributed by atoms with Crippen molar-refractivity contribution in [1.82, 2.24) is 0 Å². The molecule has 0 aromatic heterocycles. The van der Waals surface area contributed by atoms with Crippen LogP contribution in [0.4, 0.5) is 0 Å². The Morgan fingerprint density at radius 1 is 0.621 bits per heavy atom. The summed E-state index contributed by atoms with van der Waals surface area (Å²) < 4.78 is 20.1. The quantitative estimate of drug-likeness (QED) is 0.356. The minimum absolute atomic E-state index is 0.478. The zero-order valence-electron chi connectivity index (χ0n) is 16.4. The fourth-order valence-corrected chi connectivity index (χ4v) is 6.03. The van der Waals surface area contributed by atoms with Gasteiger partial charge in [-0.25, -0.2) is 0 Å². The number of hydrogen-bond donors (Lipinski definition) is 0. The van der Waals surface area contributed by atoms with Crippen molar-refractivity contribution in [2.75, 3.05) is 0 Å². The summed E-state index contributed by atoms with van der Waals surface area (Å²) in [6, 6.07) is 35.4. The molecule has 0 heterocycles. The van der Waals surface area contributed by atoms with Crippen LogP contribution in [-0.2, 0) is 10.7 Å². The van der Waals surface area contributed by atoms with Crippen LogP contribution in [0.15, 0.2) is 109 Å². The second kappa shape index (κ2) is 8.51. The molecule has 144 valence electrons. The van der Waals surface area contributed by atoms with E-state index in [9.17, 15) is 4.57 Å². The first kappa shape index (κ1) is 19.2. The lowest BCUT2D eigenvalue weighted by atomic mass is 10.2. The van der Waals surface area contributed by atoms with Crippen molar-refractivity contribution in [3.63, 3.8) is 0 Å². The van der Waals surface area contributed by atoms with Crippen LogP contribution in [0.5, 0.6) is 11.5 Å². The average Bonchev–Trinajstić information content (AvgIpc) is 2.78. The van der Waals surface area contributed by atoms with E-state index < -0.39 is 7.14 Å². The molecule has 0 aliphatic rings. The predicted octanol–water partition coefficient (Wildman–Crippen LogP) is 6.30. The molecular weight excluding hydrogens is 375 g/mol. The fourth-order valence-electron chi connectivity index (χ4n) is 3.33. The Labute approximate surface area is 172 Å². The number of hydrogen-bond acceptors (Lipinski definition) is 2. The maximum Gasteiger partial charge on any atom is 0.147 e. The van der Waals surface area contributed by atoms with Gasteiger partial charge in [0.1, 0.15) is 18.6 Å². The van der Waals surface area contributed by atoms with Gasteiger partial charge in [-0.3, -0.25) is 0 Å². The molecule has 0 aliphatic carbocycles. The fraction of sp³-hybridized carbons (Fsp3) is 0.0769. The van der Waals surface area contributed by atoms with Crippen LogP contribution in [0.1, 0.15) is 11.1 Å². The molecule has 4 rings (SSSR count). The van der Waals surface area contributed by atoms with Crippen LogP contribution in [0.2, 0.25) is 0 Å². The summed E-state index contributed by atoms with van der Waals surface area (Å²) >= 11 is 0. The van der Waals surface area contributed by atoms with Crippen molar-refractivity contribution in [2.24, 2.45) is 0 Å². The third kappa shape index (κ3) is 4.50. The van der Waals surface area contributed by atoms with Crippen molar-refractivity contribution < 1.29 is 9.30 Å². The second-order valence-corrected chi connectivity index (χ2v) is 9.96. The largest absolute Gasteiger partial charge is 0.457 e. The molecule has 0 aliphatic heterocycles. The molecule has 0 unspecified atom stereocenters. The maximum absolute atomic E-state index is 14.2. The van der Waals surface area contributed by atoms with Crippen LogP contribution >= 0.6 is 7.14 Å². The number of ether oxygens (including phenoxy) is 1. The number of aryl methyl sites for hydroxylation is 1. The van der Waals surface area contributed by atoms with E-state index in [0.29, 0.717) is 6.16 Å². The van der Waals surface area contributed by atoms with Gasteiger partial charge in [-0.05, 0) is 36.8 Å². The molecule has 2 nitrogen and oxygen atoms in total. The standard InChI is InChI=1S/C26H23O2P/c1-21-12-16-23(17-13-21)28-24-18-14-22(15-19-24)20-29(27,25-8-4-2-5-9-25)26-10-6-3-7-11-26/h2-19H,20H2,1H3. The highest BCUT2D eigenvalue weighted by Gasteiger charge is 2.27. The van der Waals surface area contributed by atoms with E-state index in [1.807, 2.05) is 109 Å². The van der Waals surface area contributed by atoms with Crippen LogP contribution < -0.4 is 15.3 Å². The van der Waals surface area contributed by atoms with Gasteiger partial charge in [0.25, 0.3) is 0 Å². The van der Waals surface area contributed by atoms with Gasteiger partial charge in [-0.15, -0.1) is 0 Å². The predicted molar refractivity (Wildman–Crippen MR) is 121 cm³/mol. The van der Waals surface area contributed by atoms with Gasteiger partial charge in [0.2, 0.25) is 0 Å². The molecule has 0 N–H and O–H groups in total. The summed E-state index contributed by atoms with van der Waals surface area (Å²) in [5.41, 5.74) is 2.22. The molecule has 0 fully saturated rings. The van der Waals surface area contributed by atoms with Crippen molar-refractivity contribution >= 4 is 17.8 Å². The molecule has 0 amide bonds. The van der Waals surface area contributed by atoms with E-state index in [1.54, 1.807) is 0 Å². The lowest BCUT2D eigenvalue weighted by molar-refractivity contribution is 0.482. The zero-order valence-corrected chi connectivity index (χ0v) is 17.3. The Morgan fingerprint density at radius 2 is 1.07 bits per heavy atom. The van der Waals surface area contributed by atoms with E-state index in [1.165, 1.54) is 5.56 Å². The van der Waals surface area contributed by atoms with Gasteiger partial charge in [-0.1, -0.05) is 90.5 Å². The molecule has 29 heavy (non-hydrogen) atoms. The molecule has 0 saturated heterocycles. The van der Waals surface area contributed by atoms with Gasteiger partial charge in [0.05, 0.1) is 0 Å². The highest BCUT2D eigenvalue weighted by Crippen LogP contribution is 2.47. The lowest BCUT2D eigenvalue weighted by Gasteiger charge is -2.19. The highest BCUT2D eigenvalue weighted by atomic mass is 31.2. The summed E-state index contributed by atoms with van der Waals surface area (Å²) in [6.07, 6.45) is 0.478. The summed E-state index contributed by atoms with van der Waals surface area (Å²) in [4.78, 5) is 0. The molecule has 0 radical (unpaired) electrons. The van der Waals surface area contributed by atoms with Crippen molar-refractivity contribution in [3.05, 3.63) is 120 Å². The Bertz CT molecular complexity index is 1060. The lowest BCUT2D eigenvalue weighted by Crippen LogP contribution is -2.17. The molecular formula is C26H23O2P. The summed E-state index contributed by atoms with van der Waals surface area (Å²) in [5.74, 6) is 1.58. The highest BCUT2D eigenvalue weighted by molar-refractivity contribution is 7.78. The minimum Gasteiger partial charge on any atom is -0.457 e. The first-order chi connectivity index (χ1) is 14.1. The average molecular weight is 398 g/mol. The van der Waals surface area contributed by atoms with Gasteiger partial charge < -0.3 is 9.30 Å². The molecule has 0 saturated carbocycles. The van der Waals surface area contributed by atoms with E-state index in [4.69, 9.17) is 4.74 Å². The first-order valence-corrected chi connectivity index (χ1v) is 11.6. The summed E-state index contributed by atoms with van der Waals surface area (Å²) in [7, 11) is -2.77. The van der Waals surface area contributed by atoms with Crippen molar-refractivity contribution in [3.8, 4) is 11.5 Å². The minimum atomic E-state index is -2.77.